The molecule has 218 valence electrons. The van der Waals surface area contributed by atoms with Gasteiger partial charge in [-0.1, -0.05) is 31.5 Å². The predicted molar refractivity (Wildman–Crippen MR) is 153 cm³/mol. The normalized spacial score (nSPS) is 20.2. The van der Waals surface area contributed by atoms with Crippen LogP contribution in [-0.4, -0.2) is 92.4 Å². The highest BCUT2D eigenvalue weighted by atomic mass is 16.7. The number of ether oxygens (including phenoxy) is 3. The maximum atomic E-state index is 13.8. The lowest BCUT2D eigenvalue weighted by Gasteiger charge is -2.30. The molecule has 1 amide bonds. The fraction of sp³-hybridized carbons (Fsp3) is 0.548. The fourth-order valence-electron chi connectivity index (χ4n) is 5.79. The number of nitrogens with zero attached hydrogens (tertiary/aromatic N) is 3. The van der Waals surface area contributed by atoms with Crippen molar-refractivity contribution in [2.45, 2.75) is 44.6 Å². The Balaban J connectivity index is 1.61. The van der Waals surface area contributed by atoms with Gasteiger partial charge < -0.3 is 29.1 Å². The van der Waals surface area contributed by atoms with Crippen LogP contribution in [0.15, 0.2) is 42.5 Å². The molecule has 3 atom stereocenters. The maximum Gasteiger partial charge on any atom is 0.309 e. The fourth-order valence-corrected chi connectivity index (χ4v) is 5.79. The number of fused-ring (bicyclic) bond motifs is 1. The monoisotopic (exact) mass is 553 g/mol. The van der Waals surface area contributed by atoms with Crippen molar-refractivity contribution in [1.29, 1.82) is 0 Å². The zero-order valence-electron chi connectivity index (χ0n) is 24.2. The van der Waals surface area contributed by atoms with Crippen molar-refractivity contribution in [3.05, 3.63) is 53.6 Å². The number of unbranched alkanes of at least 4 members (excludes halogenated alkanes) is 2. The van der Waals surface area contributed by atoms with Crippen LogP contribution in [0.1, 0.15) is 55.7 Å². The number of benzene rings is 2. The number of carboxylic acids is 1. The van der Waals surface area contributed by atoms with E-state index in [2.05, 4.69) is 30.8 Å². The molecule has 0 saturated carbocycles. The highest BCUT2D eigenvalue weighted by Gasteiger charge is 2.48. The summed E-state index contributed by atoms with van der Waals surface area (Å²) < 4.78 is 16.4. The second kappa shape index (κ2) is 13.9. The number of rotatable bonds is 14. The van der Waals surface area contributed by atoms with Crippen LogP contribution in [-0.2, 0) is 9.59 Å². The third-order valence-electron chi connectivity index (χ3n) is 7.92. The van der Waals surface area contributed by atoms with Crippen LogP contribution in [0.2, 0.25) is 0 Å². The molecule has 0 bridgehead atoms. The first-order valence-electron chi connectivity index (χ1n) is 14.2. The van der Waals surface area contributed by atoms with Gasteiger partial charge in [0, 0.05) is 31.6 Å². The lowest BCUT2D eigenvalue weighted by Crippen LogP contribution is -2.42. The van der Waals surface area contributed by atoms with E-state index in [9.17, 15) is 14.7 Å². The number of hydrogen-bond donors (Lipinski definition) is 1. The Hall–Kier alpha value is -3.30. The molecule has 1 fully saturated rings. The average molecular weight is 554 g/mol. The molecule has 0 spiro atoms. The molecule has 1 saturated heterocycles. The molecule has 1 N–H and O–H groups in total. The van der Waals surface area contributed by atoms with Gasteiger partial charge in [0.05, 0.1) is 19.6 Å². The average Bonchev–Trinajstić information content (AvgIpc) is 3.57. The van der Waals surface area contributed by atoms with Gasteiger partial charge in [-0.3, -0.25) is 14.5 Å². The van der Waals surface area contributed by atoms with Gasteiger partial charge in [0.15, 0.2) is 11.5 Å². The van der Waals surface area contributed by atoms with E-state index in [1.54, 1.807) is 7.11 Å². The summed E-state index contributed by atoms with van der Waals surface area (Å²) in [6.07, 6.45) is 3.91. The van der Waals surface area contributed by atoms with Crippen molar-refractivity contribution >= 4 is 11.9 Å². The minimum atomic E-state index is -0.884. The number of carboxylic acid groups (broad SMARTS) is 1. The largest absolute Gasteiger partial charge is 0.497 e. The molecule has 40 heavy (non-hydrogen) atoms. The first-order valence-corrected chi connectivity index (χ1v) is 14.2. The number of carbonyl (C=O) groups is 2. The van der Waals surface area contributed by atoms with Crippen LogP contribution >= 0.6 is 0 Å². The number of hydrogen-bond acceptors (Lipinski definition) is 7. The molecule has 3 unspecified atom stereocenters. The van der Waals surface area contributed by atoms with E-state index in [0.717, 1.165) is 43.4 Å². The zero-order valence-corrected chi connectivity index (χ0v) is 24.2. The Morgan fingerprint density at radius 1 is 0.975 bits per heavy atom. The number of likely N-dealkylation sites (tertiary alicyclic amines) is 1. The molecule has 0 aromatic heterocycles. The molecule has 9 heteroatoms. The van der Waals surface area contributed by atoms with Crippen molar-refractivity contribution in [3.63, 3.8) is 0 Å². The van der Waals surface area contributed by atoms with Gasteiger partial charge in [0.1, 0.15) is 5.75 Å². The molecule has 2 aliphatic heterocycles. The van der Waals surface area contributed by atoms with Crippen LogP contribution in [0.5, 0.6) is 17.2 Å². The molecule has 9 nitrogen and oxygen atoms in total. The lowest BCUT2D eigenvalue weighted by atomic mass is 9.82. The molecule has 2 aromatic carbocycles. The second-order valence-electron chi connectivity index (χ2n) is 11.0. The lowest BCUT2D eigenvalue weighted by molar-refractivity contribution is -0.144. The molecule has 2 aliphatic rings. The van der Waals surface area contributed by atoms with Crippen LogP contribution in [0.3, 0.4) is 0 Å². The van der Waals surface area contributed by atoms with Gasteiger partial charge in [-0.05, 0) is 75.3 Å². The SMILES string of the molecule is CCCCN(CCCCN(C)C)C(=O)CN1CC(c2ccc3c(c2)OCO3)C(C(=O)O)C1c1ccc(OC)cc1. The molecule has 2 aromatic rings. The number of methoxy groups -OCH3 is 1. The maximum absolute atomic E-state index is 13.8. The molecule has 0 radical (unpaired) electrons. The van der Waals surface area contributed by atoms with E-state index in [1.165, 1.54) is 0 Å². The van der Waals surface area contributed by atoms with E-state index < -0.39 is 17.9 Å². The first-order chi connectivity index (χ1) is 19.3. The summed E-state index contributed by atoms with van der Waals surface area (Å²) in [5.41, 5.74) is 1.73. The summed E-state index contributed by atoms with van der Waals surface area (Å²) in [6, 6.07) is 12.7. The first kappa shape index (κ1) is 29.7. The van der Waals surface area contributed by atoms with E-state index in [-0.39, 0.29) is 25.2 Å². The topological polar surface area (TPSA) is 91.8 Å². The summed E-state index contributed by atoms with van der Waals surface area (Å²) in [4.78, 5) is 32.8. The van der Waals surface area contributed by atoms with E-state index in [4.69, 9.17) is 14.2 Å². The smallest absolute Gasteiger partial charge is 0.309 e. The van der Waals surface area contributed by atoms with Gasteiger partial charge in [-0.2, -0.15) is 0 Å². The Kier molecular flexibility index (Phi) is 10.3. The van der Waals surface area contributed by atoms with E-state index in [0.29, 0.717) is 36.9 Å². The van der Waals surface area contributed by atoms with Gasteiger partial charge >= 0.3 is 5.97 Å². The quantitative estimate of drug-likeness (QED) is 0.348. The third kappa shape index (κ3) is 7.06. The summed E-state index contributed by atoms with van der Waals surface area (Å²) in [5, 5.41) is 10.5. The highest BCUT2D eigenvalue weighted by molar-refractivity contribution is 5.79. The number of amides is 1. The molecular formula is C31H43N3O6. The summed E-state index contributed by atoms with van der Waals surface area (Å²) >= 11 is 0. The Morgan fingerprint density at radius 3 is 2.33 bits per heavy atom. The van der Waals surface area contributed by atoms with Gasteiger partial charge in [-0.15, -0.1) is 0 Å². The van der Waals surface area contributed by atoms with Crippen molar-refractivity contribution in [1.82, 2.24) is 14.7 Å². The summed E-state index contributed by atoms with van der Waals surface area (Å²) in [5.74, 6) is 0.0833. The van der Waals surface area contributed by atoms with Crippen LogP contribution in [0.25, 0.3) is 0 Å². The summed E-state index contributed by atoms with van der Waals surface area (Å²) in [6.45, 7) is 5.30. The molecule has 0 aliphatic carbocycles. The van der Waals surface area contributed by atoms with Gasteiger partial charge in [0.2, 0.25) is 12.7 Å². The van der Waals surface area contributed by atoms with Crippen LogP contribution in [0, 0.1) is 5.92 Å². The molecular weight excluding hydrogens is 510 g/mol. The number of carbonyl (C=O) groups excluding carboxylic acids is 1. The second-order valence-corrected chi connectivity index (χ2v) is 11.0. The standard InChI is InChI=1S/C31H43N3O6/c1-5-6-16-33(17-8-7-15-32(2)3)28(35)20-34-19-25(23-11-14-26-27(18-23)40-21-39-26)29(31(36)37)30(34)22-9-12-24(38-4)13-10-22/h9-14,18,25,29-30H,5-8,15-17,19-21H2,1-4H3,(H,36,37). The Morgan fingerprint density at radius 2 is 1.65 bits per heavy atom. The third-order valence-corrected chi connectivity index (χ3v) is 7.92. The van der Waals surface area contributed by atoms with Crippen molar-refractivity contribution < 1.29 is 28.9 Å². The minimum absolute atomic E-state index is 0.0484. The highest BCUT2D eigenvalue weighted by Crippen LogP contribution is 2.47. The minimum Gasteiger partial charge on any atom is -0.497 e. The van der Waals surface area contributed by atoms with E-state index in [1.807, 2.05) is 47.4 Å². The number of aliphatic carboxylic acids is 1. The van der Waals surface area contributed by atoms with Gasteiger partial charge in [-0.25, -0.2) is 0 Å². The van der Waals surface area contributed by atoms with Crippen molar-refractivity contribution in [3.8, 4) is 17.2 Å². The van der Waals surface area contributed by atoms with Gasteiger partial charge in [0.25, 0.3) is 0 Å². The van der Waals surface area contributed by atoms with Crippen LogP contribution in [0.4, 0.5) is 0 Å². The molecule has 2 heterocycles. The van der Waals surface area contributed by atoms with Crippen LogP contribution < -0.4 is 14.2 Å². The van der Waals surface area contributed by atoms with Crippen molar-refractivity contribution in [2.75, 3.05) is 60.7 Å². The van der Waals surface area contributed by atoms with E-state index >= 15 is 0 Å². The Labute approximate surface area is 237 Å². The zero-order chi connectivity index (χ0) is 28.6. The van der Waals surface area contributed by atoms with Crippen molar-refractivity contribution in [2.24, 2.45) is 5.92 Å². The Bertz CT molecular complexity index is 1140. The molecule has 4 rings (SSSR count). The summed E-state index contributed by atoms with van der Waals surface area (Å²) in [7, 11) is 5.72. The predicted octanol–water partition coefficient (Wildman–Crippen LogP) is 4.24.